The lowest BCUT2D eigenvalue weighted by Crippen LogP contribution is -2.05. The minimum atomic E-state index is -0.811. The molecule has 4 heteroatoms. The molecule has 0 spiro atoms. The monoisotopic (exact) mass is 290 g/mol. The molecule has 1 aromatic carbocycles. The van der Waals surface area contributed by atoms with E-state index in [1.807, 2.05) is 29.6 Å². The van der Waals surface area contributed by atoms with Crippen molar-refractivity contribution in [2.45, 2.75) is 19.3 Å². The molecule has 0 atom stereocenters. The summed E-state index contributed by atoms with van der Waals surface area (Å²) < 4.78 is 0. The second-order valence-electron chi connectivity index (χ2n) is 4.24. The molecule has 19 heavy (non-hydrogen) atoms. The molecule has 2 nitrogen and oxygen atoms in total. The number of benzene rings is 1. The number of carboxylic acids is 1. The third-order valence-corrected chi connectivity index (χ3v) is 4.19. The van der Waals surface area contributed by atoms with Gasteiger partial charge in [-0.2, -0.15) is 0 Å². The Morgan fingerprint density at radius 2 is 1.95 bits per heavy atom. The van der Waals surface area contributed by atoms with E-state index in [4.69, 9.17) is 17.3 Å². The molecule has 1 N–H and O–H groups in total. The first-order chi connectivity index (χ1) is 9.16. The molecule has 0 bridgehead atoms. The topological polar surface area (TPSA) is 37.3 Å². The van der Waals surface area contributed by atoms with Gasteiger partial charge >= 0.3 is 5.97 Å². The molecule has 0 radical (unpaired) electrons. The Morgan fingerprint density at radius 1 is 1.21 bits per heavy atom. The van der Waals surface area contributed by atoms with Crippen LogP contribution in [0.4, 0.5) is 0 Å². The zero-order chi connectivity index (χ0) is 13.7. The van der Waals surface area contributed by atoms with Crippen LogP contribution in [0.25, 0.3) is 0 Å². The summed E-state index contributed by atoms with van der Waals surface area (Å²) in [4.78, 5) is 12.5. The lowest BCUT2D eigenvalue weighted by atomic mass is 10.0. The molecule has 0 saturated heterocycles. The molecule has 0 amide bonds. The average Bonchev–Trinajstić information content (AvgIpc) is 2.84. The van der Waals surface area contributed by atoms with Crippen LogP contribution in [0.2, 0.25) is 0 Å². The van der Waals surface area contributed by atoms with Gasteiger partial charge in [0.05, 0.1) is 6.42 Å². The Kier molecular flexibility index (Phi) is 4.82. The molecular formula is C15H14O2S2. The van der Waals surface area contributed by atoms with E-state index in [1.165, 1.54) is 16.9 Å². The number of carbonyl (C=O) groups is 1. The zero-order valence-electron chi connectivity index (χ0n) is 10.3. The Balaban J connectivity index is 2.00. The van der Waals surface area contributed by atoms with Crippen molar-refractivity contribution in [1.29, 1.82) is 0 Å². The summed E-state index contributed by atoms with van der Waals surface area (Å²) in [6.07, 6.45) is 1.73. The molecule has 0 aliphatic carbocycles. The summed E-state index contributed by atoms with van der Waals surface area (Å²) >= 11 is 6.89. The van der Waals surface area contributed by atoms with Crippen molar-refractivity contribution in [3.8, 4) is 0 Å². The van der Waals surface area contributed by atoms with E-state index in [0.29, 0.717) is 0 Å². The fourth-order valence-corrected chi connectivity index (χ4v) is 3.15. The highest BCUT2D eigenvalue weighted by molar-refractivity contribution is 7.80. The van der Waals surface area contributed by atoms with Crippen molar-refractivity contribution >= 4 is 34.4 Å². The van der Waals surface area contributed by atoms with Crippen LogP contribution in [0.15, 0.2) is 41.8 Å². The first-order valence-corrected chi connectivity index (χ1v) is 7.31. The molecule has 98 valence electrons. The third kappa shape index (κ3) is 3.98. The molecule has 1 heterocycles. The quantitative estimate of drug-likeness (QED) is 0.650. The summed E-state index contributed by atoms with van der Waals surface area (Å²) in [5, 5.41) is 10.8. The van der Waals surface area contributed by atoms with E-state index < -0.39 is 5.97 Å². The van der Waals surface area contributed by atoms with Crippen LogP contribution in [0.5, 0.6) is 0 Å². The van der Waals surface area contributed by atoms with Crippen LogP contribution in [-0.2, 0) is 17.6 Å². The average molecular weight is 290 g/mol. The SMILES string of the molecule is O=C(O)Cc1sccc1C(=S)CCc1ccccc1. The van der Waals surface area contributed by atoms with Crippen molar-refractivity contribution in [2.75, 3.05) is 0 Å². The predicted octanol–water partition coefficient (Wildman–Crippen LogP) is 3.73. The van der Waals surface area contributed by atoms with Gasteiger partial charge in [-0.05, 0) is 29.9 Å². The van der Waals surface area contributed by atoms with E-state index in [2.05, 4.69) is 12.1 Å². The van der Waals surface area contributed by atoms with Crippen molar-refractivity contribution in [2.24, 2.45) is 0 Å². The molecule has 0 fully saturated rings. The first-order valence-electron chi connectivity index (χ1n) is 6.02. The Hall–Kier alpha value is -1.52. The number of hydrogen-bond acceptors (Lipinski definition) is 3. The summed E-state index contributed by atoms with van der Waals surface area (Å²) in [7, 11) is 0. The highest BCUT2D eigenvalue weighted by Crippen LogP contribution is 2.21. The number of aryl methyl sites for hydroxylation is 1. The van der Waals surface area contributed by atoms with Crippen LogP contribution < -0.4 is 0 Å². The number of rotatable bonds is 6. The van der Waals surface area contributed by atoms with Crippen LogP contribution in [-0.4, -0.2) is 15.9 Å². The van der Waals surface area contributed by atoms with Gasteiger partial charge in [0.1, 0.15) is 0 Å². The first kappa shape index (κ1) is 13.9. The van der Waals surface area contributed by atoms with E-state index in [0.717, 1.165) is 28.1 Å². The fourth-order valence-electron chi connectivity index (χ4n) is 1.90. The lowest BCUT2D eigenvalue weighted by molar-refractivity contribution is -0.136. The van der Waals surface area contributed by atoms with Crippen LogP contribution in [0.1, 0.15) is 22.4 Å². The van der Waals surface area contributed by atoms with Gasteiger partial charge in [-0.1, -0.05) is 42.5 Å². The molecule has 0 aliphatic heterocycles. The number of carboxylic acid groups (broad SMARTS) is 1. The highest BCUT2D eigenvalue weighted by Gasteiger charge is 2.12. The minimum absolute atomic E-state index is 0.0540. The maximum absolute atomic E-state index is 10.8. The van der Waals surface area contributed by atoms with Gasteiger partial charge in [0, 0.05) is 15.3 Å². The number of thiocarbonyl (C=S) groups is 1. The lowest BCUT2D eigenvalue weighted by Gasteiger charge is -2.05. The largest absolute Gasteiger partial charge is 0.481 e. The maximum atomic E-state index is 10.8. The standard InChI is InChI=1S/C15H14O2S2/c16-15(17)10-14-12(8-9-19-14)13(18)7-6-11-4-2-1-3-5-11/h1-5,8-9H,6-7,10H2,(H,16,17). The van der Waals surface area contributed by atoms with E-state index in [9.17, 15) is 4.79 Å². The smallest absolute Gasteiger partial charge is 0.308 e. The zero-order valence-corrected chi connectivity index (χ0v) is 12.0. The highest BCUT2D eigenvalue weighted by atomic mass is 32.1. The molecule has 0 unspecified atom stereocenters. The third-order valence-electron chi connectivity index (χ3n) is 2.84. The van der Waals surface area contributed by atoms with Gasteiger partial charge in [0.25, 0.3) is 0 Å². The van der Waals surface area contributed by atoms with Gasteiger partial charge in [0.2, 0.25) is 0 Å². The Bertz CT molecular complexity index is 573. The second-order valence-corrected chi connectivity index (χ2v) is 5.73. The van der Waals surface area contributed by atoms with Crippen molar-refractivity contribution in [3.63, 3.8) is 0 Å². The molecule has 0 saturated carbocycles. The predicted molar refractivity (Wildman–Crippen MR) is 82.1 cm³/mol. The van der Waals surface area contributed by atoms with Crippen molar-refractivity contribution in [1.82, 2.24) is 0 Å². The fraction of sp³-hybridized carbons (Fsp3) is 0.200. The van der Waals surface area contributed by atoms with E-state index in [1.54, 1.807) is 0 Å². The molecule has 2 aromatic rings. The summed E-state index contributed by atoms with van der Waals surface area (Å²) in [5.74, 6) is -0.811. The summed E-state index contributed by atoms with van der Waals surface area (Å²) in [6.45, 7) is 0. The van der Waals surface area contributed by atoms with Crippen LogP contribution in [0.3, 0.4) is 0 Å². The maximum Gasteiger partial charge on any atom is 0.308 e. The van der Waals surface area contributed by atoms with Gasteiger partial charge in [-0.3, -0.25) is 4.79 Å². The minimum Gasteiger partial charge on any atom is -0.481 e. The summed E-state index contributed by atoms with van der Waals surface area (Å²) in [6, 6.07) is 12.1. The number of thiophene rings is 1. The van der Waals surface area contributed by atoms with Crippen LogP contribution in [0, 0.1) is 0 Å². The van der Waals surface area contributed by atoms with E-state index >= 15 is 0 Å². The molecule has 2 rings (SSSR count). The number of hydrogen-bond donors (Lipinski definition) is 1. The van der Waals surface area contributed by atoms with Crippen LogP contribution >= 0.6 is 23.6 Å². The molecular weight excluding hydrogens is 276 g/mol. The van der Waals surface area contributed by atoms with Gasteiger partial charge < -0.3 is 5.11 Å². The summed E-state index contributed by atoms with van der Waals surface area (Å²) in [5.41, 5.74) is 2.18. The molecule has 1 aromatic heterocycles. The Labute approximate surface area is 121 Å². The van der Waals surface area contributed by atoms with Gasteiger partial charge in [-0.15, -0.1) is 11.3 Å². The van der Waals surface area contributed by atoms with Gasteiger partial charge in [0.15, 0.2) is 0 Å². The molecule has 0 aliphatic rings. The Morgan fingerprint density at radius 3 is 2.63 bits per heavy atom. The van der Waals surface area contributed by atoms with E-state index in [-0.39, 0.29) is 6.42 Å². The van der Waals surface area contributed by atoms with Crippen molar-refractivity contribution in [3.05, 3.63) is 57.8 Å². The normalized spacial score (nSPS) is 10.3. The van der Waals surface area contributed by atoms with Crippen molar-refractivity contribution < 1.29 is 9.90 Å². The number of aliphatic carboxylic acids is 1. The second kappa shape index (κ2) is 6.59. The van der Waals surface area contributed by atoms with Gasteiger partial charge in [-0.25, -0.2) is 0 Å².